The van der Waals surface area contributed by atoms with E-state index in [-0.39, 0.29) is 23.9 Å². The Morgan fingerprint density at radius 3 is 2.42 bits per heavy atom. The molecule has 0 unspecified atom stereocenters. The van der Waals surface area contributed by atoms with Gasteiger partial charge in [-0.15, -0.1) is 0 Å². The van der Waals surface area contributed by atoms with Crippen LogP contribution >= 0.6 is 0 Å². The maximum Gasteiger partial charge on any atom is 0.254 e. The normalized spacial score (nSPS) is 10.1. The number of ether oxygens (including phenoxy) is 1. The largest absolute Gasteiger partial charge is 0.497 e. The molecule has 0 saturated carbocycles. The second-order valence-electron chi connectivity index (χ2n) is 5.54. The Hall–Kier alpha value is -3.35. The van der Waals surface area contributed by atoms with E-state index in [2.05, 4.69) is 5.32 Å². The first kappa shape index (κ1) is 19.0. The molecule has 0 aliphatic carbocycles. The lowest BCUT2D eigenvalue weighted by atomic mass is 10.1. The number of likely N-dealkylation sites (N-methyl/N-ethyl adjacent to an activating group) is 1. The molecule has 0 spiro atoms. The number of nitrogens with two attached hydrogens (primary N) is 1. The third-order valence-electron chi connectivity index (χ3n) is 3.75. The van der Waals surface area contributed by atoms with Gasteiger partial charge in [-0.05, 0) is 37.3 Å². The third-order valence-corrected chi connectivity index (χ3v) is 3.75. The number of primary amides is 1. The van der Waals surface area contributed by atoms with E-state index in [0.29, 0.717) is 23.5 Å². The standard InChI is InChI=1S/C19H21N3O4/c1-3-22(19(25)14-7-4-6-13(10-14)18(20)24)12-17(23)21-15-8-5-9-16(11-15)26-2/h4-11H,3,12H2,1-2H3,(H2,20,24)(H,21,23). The van der Waals surface area contributed by atoms with Crippen LogP contribution < -0.4 is 15.8 Å². The number of hydrogen-bond donors (Lipinski definition) is 2. The maximum atomic E-state index is 12.6. The second-order valence-corrected chi connectivity index (χ2v) is 5.54. The Morgan fingerprint density at radius 2 is 1.77 bits per heavy atom. The summed E-state index contributed by atoms with van der Waals surface area (Å²) in [5, 5.41) is 2.73. The lowest BCUT2D eigenvalue weighted by molar-refractivity contribution is -0.116. The lowest BCUT2D eigenvalue weighted by Gasteiger charge is -2.20. The highest BCUT2D eigenvalue weighted by molar-refractivity contribution is 6.01. The number of anilines is 1. The van der Waals surface area contributed by atoms with Crippen molar-refractivity contribution in [3.8, 4) is 5.75 Å². The van der Waals surface area contributed by atoms with Gasteiger partial charge >= 0.3 is 0 Å². The SMILES string of the molecule is CCN(CC(=O)Nc1cccc(OC)c1)C(=O)c1cccc(C(N)=O)c1. The Labute approximate surface area is 151 Å². The zero-order valence-corrected chi connectivity index (χ0v) is 14.7. The lowest BCUT2D eigenvalue weighted by Crippen LogP contribution is -2.38. The molecule has 7 heteroatoms. The molecule has 0 bridgehead atoms. The van der Waals surface area contributed by atoms with Gasteiger partial charge in [-0.25, -0.2) is 0 Å². The Bertz CT molecular complexity index is 820. The molecule has 0 saturated heterocycles. The van der Waals surface area contributed by atoms with Crippen molar-refractivity contribution in [2.45, 2.75) is 6.92 Å². The van der Waals surface area contributed by atoms with E-state index < -0.39 is 5.91 Å². The van der Waals surface area contributed by atoms with Crippen LogP contribution in [-0.4, -0.2) is 42.8 Å². The molecule has 2 aromatic carbocycles. The highest BCUT2D eigenvalue weighted by atomic mass is 16.5. The average molecular weight is 355 g/mol. The maximum absolute atomic E-state index is 12.6. The minimum absolute atomic E-state index is 0.118. The molecule has 0 aliphatic heterocycles. The smallest absolute Gasteiger partial charge is 0.254 e. The molecule has 0 aromatic heterocycles. The molecule has 0 radical (unpaired) electrons. The van der Waals surface area contributed by atoms with E-state index in [0.717, 1.165) is 0 Å². The minimum atomic E-state index is -0.613. The average Bonchev–Trinajstić information content (AvgIpc) is 2.65. The number of carbonyl (C=O) groups excluding carboxylic acids is 3. The van der Waals surface area contributed by atoms with Gasteiger partial charge in [-0.1, -0.05) is 12.1 Å². The molecule has 3 amide bonds. The van der Waals surface area contributed by atoms with Crippen molar-refractivity contribution in [3.63, 3.8) is 0 Å². The second kappa shape index (κ2) is 8.66. The first-order valence-corrected chi connectivity index (χ1v) is 8.07. The molecule has 3 N–H and O–H groups in total. The molecule has 2 aromatic rings. The first-order chi connectivity index (χ1) is 12.4. The van der Waals surface area contributed by atoms with E-state index in [4.69, 9.17) is 10.5 Å². The van der Waals surface area contributed by atoms with Crippen LogP contribution in [0.1, 0.15) is 27.6 Å². The predicted octanol–water partition coefficient (Wildman–Crippen LogP) is 1.89. The summed E-state index contributed by atoms with van der Waals surface area (Å²) < 4.78 is 5.11. The van der Waals surface area contributed by atoms with Crippen molar-refractivity contribution in [1.82, 2.24) is 4.90 Å². The summed E-state index contributed by atoms with van der Waals surface area (Å²) in [6.07, 6.45) is 0. The van der Waals surface area contributed by atoms with Gasteiger partial charge in [-0.2, -0.15) is 0 Å². The van der Waals surface area contributed by atoms with Crippen LogP contribution in [-0.2, 0) is 4.79 Å². The van der Waals surface area contributed by atoms with Gasteiger partial charge in [0.25, 0.3) is 5.91 Å². The van der Waals surface area contributed by atoms with Crippen LogP contribution in [0.5, 0.6) is 5.75 Å². The van der Waals surface area contributed by atoms with Crippen molar-refractivity contribution in [3.05, 3.63) is 59.7 Å². The first-order valence-electron chi connectivity index (χ1n) is 8.07. The quantitative estimate of drug-likeness (QED) is 0.792. The van der Waals surface area contributed by atoms with Crippen LogP contribution in [0.25, 0.3) is 0 Å². The molecule has 0 heterocycles. The number of carbonyl (C=O) groups is 3. The number of nitrogens with one attached hydrogen (secondary N) is 1. The highest BCUT2D eigenvalue weighted by Gasteiger charge is 2.18. The summed E-state index contributed by atoms with van der Waals surface area (Å²) in [6.45, 7) is 1.99. The number of nitrogens with zero attached hydrogens (tertiary/aromatic N) is 1. The predicted molar refractivity (Wildman–Crippen MR) is 98.2 cm³/mol. The fraction of sp³-hybridized carbons (Fsp3) is 0.211. The molecular formula is C19H21N3O4. The van der Waals surface area contributed by atoms with Gasteiger partial charge in [0.05, 0.1) is 7.11 Å². The summed E-state index contributed by atoms with van der Waals surface area (Å²) in [5.74, 6) is -0.677. The summed E-state index contributed by atoms with van der Waals surface area (Å²) in [6, 6.07) is 13.1. The van der Waals surface area contributed by atoms with Gasteiger partial charge < -0.3 is 20.7 Å². The van der Waals surface area contributed by atoms with Crippen LogP contribution in [0.3, 0.4) is 0 Å². The van der Waals surface area contributed by atoms with Gasteiger partial charge in [0.2, 0.25) is 11.8 Å². The van der Waals surface area contributed by atoms with Crippen molar-refractivity contribution in [1.29, 1.82) is 0 Å². The van der Waals surface area contributed by atoms with Crippen molar-refractivity contribution in [2.24, 2.45) is 5.73 Å². The number of amides is 3. The van der Waals surface area contributed by atoms with Crippen LogP contribution in [0.2, 0.25) is 0 Å². The number of hydrogen-bond acceptors (Lipinski definition) is 4. The number of rotatable bonds is 7. The summed E-state index contributed by atoms with van der Waals surface area (Å²) in [4.78, 5) is 37.5. The minimum Gasteiger partial charge on any atom is -0.497 e. The fourth-order valence-corrected chi connectivity index (χ4v) is 2.39. The van der Waals surface area contributed by atoms with E-state index in [1.807, 2.05) is 0 Å². The van der Waals surface area contributed by atoms with Gasteiger partial charge in [-0.3, -0.25) is 14.4 Å². The highest BCUT2D eigenvalue weighted by Crippen LogP contribution is 2.16. The fourth-order valence-electron chi connectivity index (χ4n) is 2.39. The summed E-state index contributed by atoms with van der Waals surface area (Å²) in [5.41, 5.74) is 6.37. The van der Waals surface area contributed by atoms with E-state index in [1.165, 1.54) is 17.0 Å². The van der Waals surface area contributed by atoms with Crippen LogP contribution in [0.4, 0.5) is 5.69 Å². The molecule has 26 heavy (non-hydrogen) atoms. The van der Waals surface area contributed by atoms with Gasteiger partial charge in [0, 0.05) is 29.4 Å². The molecule has 136 valence electrons. The Kier molecular flexibility index (Phi) is 6.32. The van der Waals surface area contributed by atoms with E-state index in [1.54, 1.807) is 50.4 Å². The third kappa shape index (κ3) is 4.83. The Balaban J connectivity index is 2.07. The topological polar surface area (TPSA) is 102 Å². The molecule has 7 nitrogen and oxygen atoms in total. The number of benzene rings is 2. The summed E-state index contributed by atoms with van der Waals surface area (Å²) in [7, 11) is 1.54. The van der Waals surface area contributed by atoms with Gasteiger partial charge in [0.15, 0.2) is 0 Å². The van der Waals surface area contributed by atoms with Crippen molar-refractivity contribution >= 4 is 23.4 Å². The molecular weight excluding hydrogens is 334 g/mol. The van der Waals surface area contributed by atoms with Crippen LogP contribution in [0, 0.1) is 0 Å². The molecule has 0 aliphatic rings. The Morgan fingerprint density at radius 1 is 1.08 bits per heavy atom. The zero-order valence-electron chi connectivity index (χ0n) is 14.7. The van der Waals surface area contributed by atoms with Crippen LogP contribution in [0.15, 0.2) is 48.5 Å². The van der Waals surface area contributed by atoms with E-state index in [9.17, 15) is 14.4 Å². The zero-order chi connectivity index (χ0) is 19.1. The van der Waals surface area contributed by atoms with Gasteiger partial charge in [0.1, 0.15) is 12.3 Å². The molecule has 0 fully saturated rings. The molecule has 2 rings (SSSR count). The van der Waals surface area contributed by atoms with Crippen molar-refractivity contribution < 1.29 is 19.1 Å². The monoisotopic (exact) mass is 355 g/mol. The summed E-state index contributed by atoms with van der Waals surface area (Å²) >= 11 is 0. The number of methoxy groups -OCH3 is 1. The molecule has 0 atom stereocenters. The van der Waals surface area contributed by atoms with Crippen molar-refractivity contribution in [2.75, 3.05) is 25.5 Å². The van der Waals surface area contributed by atoms with E-state index >= 15 is 0 Å².